The number of amides is 1. The highest BCUT2D eigenvalue weighted by atomic mass is 16.7. The van der Waals surface area contributed by atoms with Crippen molar-refractivity contribution in [1.82, 2.24) is 5.32 Å². The first kappa shape index (κ1) is 62.3. The third-order valence-electron chi connectivity index (χ3n) is 12.3. The fourth-order valence-electron chi connectivity index (χ4n) is 8.00. The molecule has 12 unspecified atom stereocenters. The highest BCUT2D eigenvalue weighted by Gasteiger charge is 2.51. The molecule has 0 spiro atoms. The zero-order valence-electron chi connectivity index (χ0n) is 42.0. The number of allylic oxidation sites excluding steroid dienone is 13. The van der Waals surface area contributed by atoms with Gasteiger partial charge in [0.1, 0.15) is 48.8 Å². The van der Waals surface area contributed by atoms with Crippen LogP contribution in [-0.2, 0) is 23.7 Å². The summed E-state index contributed by atoms with van der Waals surface area (Å²) in [4.78, 5) is 13.2. The van der Waals surface area contributed by atoms with Crippen molar-refractivity contribution in [2.45, 2.75) is 235 Å². The Morgan fingerprint density at radius 1 is 0.536 bits per heavy atom. The van der Waals surface area contributed by atoms with Crippen LogP contribution >= 0.6 is 0 Å². The summed E-state index contributed by atoms with van der Waals surface area (Å²) < 4.78 is 22.7. The summed E-state index contributed by atoms with van der Waals surface area (Å²) in [6.45, 7) is 2.57. The van der Waals surface area contributed by atoms with Crippen molar-refractivity contribution in [3.8, 4) is 0 Å². The van der Waals surface area contributed by atoms with E-state index in [0.29, 0.717) is 12.8 Å². The van der Waals surface area contributed by atoms with Crippen LogP contribution in [0.3, 0.4) is 0 Å². The molecular formula is C55H93NO13. The number of nitrogens with one attached hydrogen (secondary N) is 1. The van der Waals surface area contributed by atoms with Gasteiger partial charge in [-0.15, -0.1) is 0 Å². The molecule has 2 rings (SSSR count). The number of hydrogen-bond donors (Lipinski definition) is 9. The lowest BCUT2D eigenvalue weighted by molar-refractivity contribution is -0.359. The van der Waals surface area contributed by atoms with Gasteiger partial charge in [-0.1, -0.05) is 163 Å². The van der Waals surface area contributed by atoms with Crippen molar-refractivity contribution in [2.24, 2.45) is 0 Å². The molecule has 0 saturated carbocycles. The Labute approximate surface area is 414 Å². The van der Waals surface area contributed by atoms with Gasteiger partial charge in [-0.05, 0) is 77.0 Å². The fraction of sp³-hybridized carbons (Fsp3) is 0.727. The number of carbonyl (C=O) groups is 1. The van der Waals surface area contributed by atoms with Crippen LogP contribution in [-0.4, -0.2) is 140 Å². The Kier molecular flexibility index (Phi) is 36.8. The molecule has 2 fully saturated rings. The topological polar surface area (TPSA) is 228 Å². The summed E-state index contributed by atoms with van der Waals surface area (Å²) in [5, 5.41) is 86.7. The third kappa shape index (κ3) is 27.5. The van der Waals surface area contributed by atoms with E-state index in [-0.39, 0.29) is 18.9 Å². The van der Waals surface area contributed by atoms with E-state index in [2.05, 4.69) is 92.1 Å². The Morgan fingerprint density at radius 3 is 1.59 bits per heavy atom. The molecule has 0 aromatic rings. The van der Waals surface area contributed by atoms with Crippen LogP contribution < -0.4 is 5.32 Å². The minimum absolute atomic E-state index is 0.260. The summed E-state index contributed by atoms with van der Waals surface area (Å²) in [7, 11) is 0. The van der Waals surface area contributed by atoms with Gasteiger partial charge >= 0.3 is 0 Å². The molecule has 2 heterocycles. The molecule has 0 aromatic carbocycles. The van der Waals surface area contributed by atoms with E-state index < -0.39 is 86.8 Å². The normalized spacial score (nSPS) is 26.9. The summed E-state index contributed by atoms with van der Waals surface area (Å²) in [5.41, 5.74) is 0. The SMILES string of the molecule is CC/C=C\C/C=C\C/C=C\C/C=C\CCCCCCCCCCCCC(=O)NC(COC1OC(CO)C(OC2OC(CO)C(O)C(O)C2O)C(O)C1O)C(O)/C=C/CC/C=C/CC/C=C/CCCC. The van der Waals surface area contributed by atoms with Gasteiger partial charge in [0.15, 0.2) is 12.6 Å². The minimum Gasteiger partial charge on any atom is -0.394 e. The second kappa shape index (κ2) is 40.7. The molecule has 2 saturated heterocycles. The highest BCUT2D eigenvalue weighted by Crippen LogP contribution is 2.30. The number of aliphatic hydroxyl groups excluding tert-OH is 8. The number of rotatable bonds is 39. The quantitative estimate of drug-likeness (QED) is 0.0217. The molecule has 0 radical (unpaired) electrons. The molecule has 2 aliphatic heterocycles. The van der Waals surface area contributed by atoms with Crippen molar-refractivity contribution >= 4 is 5.91 Å². The van der Waals surface area contributed by atoms with E-state index in [1.54, 1.807) is 6.08 Å². The molecule has 396 valence electrons. The van der Waals surface area contributed by atoms with Crippen LogP contribution in [0, 0.1) is 0 Å². The van der Waals surface area contributed by atoms with Crippen LogP contribution in [0.25, 0.3) is 0 Å². The van der Waals surface area contributed by atoms with Crippen LogP contribution in [0.4, 0.5) is 0 Å². The van der Waals surface area contributed by atoms with E-state index in [9.17, 15) is 45.6 Å². The number of hydrogen-bond acceptors (Lipinski definition) is 13. The number of carbonyl (C=O) groups excluding carboxylic acids is 1. The largest absolute Gasteiger partial charge is 0.394 e. The molecule has 14 heteroatoms. The molecule has 12 atom stereocenters. The summed E-state index contributed by atoms with van der Waals surface area (Å²) >= 11 is 0. The van der Waals surface area contributed by atoms with Crippen LogP contribution in [0.1, 0.15) is 162 Å². The fourth-order valence-corrected chi connectivity index (χ4v) is 8.00. The van der Waals surface area contributed by atoms with Crippen molar-refractivity contribution in [3.05, 3.63) is 85.1 Å². The smallest absolute Gasteiger partial charge is 0.220 e. The Morgan fingerprint density at radius 2 is 1.01 bits per heavy atom. The molecule has 0 aromatic heterocycles. The van der Waals surface area contributed by atoms with Crippen LogP contribution in [0.5, 0.6) is 0 Å². The molecule has 0 aliphatic carbocycles. The highest BCUT2D eigenvalue weighted by molar-refractivity contribution is 5.76. The van der Waals surface area contributed by atoms with Crippen LogP contribution in [0.2, 0.25) is 0 Å². The lowest BCUT2D eigenvalue weighted by Crippen LogP contribution is -2.65. The van der Waals surface area contributed by atoms with Gasteiger partial charge < -0.3 is 65.1 Å². The van der Waals surface area contributed by atoms with Gasteiger partial charge in [0.25, 0.3) is 0 Å². The standard InChI is InChI=1S/C55H93NO13/c1-3-5-7-9-11-13-15-17-18-19-20-21-22-23-24-25-26-27-29-31-33-35-37-39-47(60)56-43(44(59)38-36-34-32-30-28-16-14-12-10-8-6-4-2)42-66-54-52(65)50(63)53(46(41-58)68-54)69-55-51(64)49(62)48(61)45(40-57)67-55/h5,7,10-13,17-18,20-21,28,30,36,38,43-46,48-55,57-59,61-65H,3-4,6,8-9,14-16,19,22-27,29,31-35,37,39-42H2,1-2H3,(H,56,60)/b7-5-,12-10+,13-11-,18-17-,21-20-,30-28+,38-36+. The average molecular weight is 976 g/mol. The van der Waals surface area contributed by atoms with Gasteiger partial charge in [0.2, 0.25) is 5.91 Å². The lowest BCUT2D eigenvalue weighted by atomic mass is 9.97. The molecule has 0 bridgehead atoms. The number of unbranched alkanes of at least 4 members (excludes halogenated alkanes) is 14. The van der Waals surface area contributed by atoms with E-state index in [1.807, 2.05) is 6.08 Å². The number of aliphatic hydroxyl groups is 8. The maximum Gasteiger partial charge on any atom is 0.220 e. The second-order valence-electron chi connectivity index (χ2n) is 18.2. The van der Waals surface area contributed by atoms with Gasteiger partial charge in [-0.3, -0.25) is 4.79 Å². The van der Waals surface area contributed by atoms with Gasteiger partial charge in [0, 0.05) is 6.42 Å². The third-order valence-corrected chi connectivity index (χ3v) is 12.3. The summed E-state index contributed by atoms with van der Waals surface area (Å²) in [5.74, 6) is -0.264. The van der Waals surface area contributed by atoms with Crippen molar-refractivity contribution < 1.29 is 64.6 Å². The first-order chi connectivity index (χ1) is 33.6. The Balaban J connectivity index is 1.80. The maximum atomic E-state index is 13.2. The predicted molar refractivity (Wildman–Crippen MR) is 272 cm³/mol. The predicted octanol–water partition coefficient (Wildman–Crippen LogP) is 7.38. The van der Waals surface area contributed by atoms with E-state index in [0.717, 1.165) is 77.0 Å². The Hall–Kier alpha value is -2.83. The maximum absolute atomic E-state index is 13.2. The molecule has 14 nitrogen and oxygen atoms in total. The van der Waals surface area contributed by atoms with Crippen molar-refractivity contribution in [1.29, 1.82) is 0 Å². The average Bonchev–Trinajstić information content (AvgIpc) is 3.35. The lowest BCUT2D eigenvalue weighted by Gasteiger charge is -2.46. The van der Waals surface area contributed by atoms with Crippen LogP contribution in [0.15, 0.2) is 85.1 Å². The van der Waals surface area contributed by atoms with E-state index in [1.165, 1.54) is 51.4 Å². The Bertz CT molecular complexity index is 1480. The number of ether oxygens (including phenoxy) is 4. The molecule has 69 heavy (non-hydrogen) atoms. The van der Waals surface area contributed by atoms with E-state index >= 15 is 0 Å². The first-order valence-corrected chi connectivity index (χ1v) is 26.3. The van der Waals surface area contributed by atoms with E-state index in [4.69, 9.17) is 18.9 Å². The monoisotopic (exact) mass is 976 g/mol. The summed E-state index contributed by atoms with van der Waals surface area (Å²) in [6, 6.07) is -0.943. The van der Waals surface area contributed by atoms with Gasteiger partial charge in [0.05, 0.1) is 32.0 Å². The van der Waals surface area contributed by atoms with Gasteiger partial charge in [-0.2, -0.15) is 0 Å². The molecule has 9 N–H and O–H groups in total. The second-order valence-corrected chi connectivity index (χ2v) is 18.2. The van der Waals surface area contributed by atoms with Gasteiger partial charge in [-0.25, -0.2) is 0 Å². The zero-order valence-corrected chi connectivity index (χ0v) is 42.0. The van der Waals surface area contributed by atoms with Crippen molar-refractivity contribution in [2.75, 3.05) is 19.8 Å². The molecule has 1 amide bonds. The first-order valence-electron chi connectivity index (χ1n) is 26.3. The van der Waals surface area contributed by atoms with Crippen molar-refractivity contribution in [3.63, 3.8) is 0 Å². The molecular weight excluding hydrogens is 883 g/mol. The summed E-state index contributed by atoms with van der Waals surface area (Å²) in [6.07, 6.45) is 36.3. The zero-order chi connectivity index (χ0) is 50.3. The molecule has 2 aliphatic rings. The minimum atomic E-state index is -1.80.